The highest BCUT2D eigenvalue weighted by atomic mass is 35.5. The van der Waals surface area contributed by atoms with Crippen molar-refractivity contribution < 1.29 is 9.47 Å². The standard InChI is InChI=1S/C11H16ClNO2/c1-14-7-6-10(13)8-15-11-4-2-9(12)3-5-11/h2-5,10H,6-8,13H2,1H3. The Hall–Kier alpha value is -0.770. The molecule has 1 aromatic carbocycles. The SMILES string of the molecule is COCCC(N)COc1ccc(Cl)cc1. The van der Waals surface area contributed by atoms with Gasteiger partial charge in [-0.25, -0.2) is 0 Å². The van der Waals surface area contributed by atoms with Gasteiger partial charge in [0.25, 0.3) is 0 Å². The van der Waals surface area contributed by atoms with Gasteiger partial charge in [0.15, 0.2) is 0 Å². The van der Waals surface area contributed by atoms with E-state index >= 15 is 0 Å². The fourth-order valence-corrected chi connectivity index (χ4v) is 1.21. The number of hydrogen-bond donors (Lipinski definition) is 1. The van der Waals surface area contributed by atoms with Crippen LogP contribution in [0.1, 0.15) is 6.42 Å². The number of nitrogens with two attached hydrogens (primary N) is 1. The predicted molar refractivity (Wildman–Crippen MR) is 61.4 cm³/mol. The summed E-state index contributed by atoms with van der Waals surface area (Å²) in [6.45, 7) is 1.15. The third-order valence-electron chi connectivity index (χ3n) is 1.97. The van der Waals surface area contributed by atoms with Crippen molar-refractivity contribution >= 4 is 11.6 Å². The molecule has 1 atom stereocenters. The van der Waals surface area contributed by atoms with Crippen molar-refractivity contribution in [2.75, 3.05) is 20.3 Å². The summed E-state index contributed by atoms with van der Waals surface area (Å²) in [5.74, 6) is 0.785. The highest BCUT2D eigenvalue weighted by Crippen LogP contribution is 2.15. The van der Waals surface area contributed by atoms with E-state index in [1.54, 1.807) is 19.2 Å². The molecule has 0 fully saturated rings. The normalized spacial score (nSPS) is 12.5. The molecule has 1 unspecified atom stereocenters. The van der Waals surface area contributed by atoms with Gasteiger partial charge < -0.3 is 15.2 Å². The Morgan fingerprint density at radius 1 is 1.33 bits per heavy atom. The van der Waals surface area contributed by atoms with Crippen molar-refractivity contribution in [2.45, 2.75) is 12.5 Å². The van der Waals surface area contributed by atoms with E-state index in [0.29, 0.717) is 18.2 Å². The maximum Gasteiger partial charge on any atom is 0.119 e. The fraction of sp³-hybridized carbons (Fsp3) is 0.455. The smallest absolute Gasteiger partial charge is 0.119 e. The van der Waals surface area contributed by atoms with Crippen LogP contribution in [0.25, 0.3) is 0 Å². The molecule has 2 N–H and O–H groups in total. The van der Waals surface area contributed by atoms with E-state index in [1.165, 1.54) is 0 Å². The van der Waals surface area contributed by atoms with Gasteiger partial charge in [-0.1, -0.05) is 11.6 Å². The topological polar surface area (TPSA) is 44.5 Å². The van der Waals surface area contributed by atoms with Crippen LogP contribution in [0.15, 0.2) is 24.3 Å². The number of methoxy groups -OCH3 is 1. The number of hydrogen-bond acceptors (Lipinski definition) is 3. The zero-order chi connectivity index (χ0) is 11.1. The summed E-state index contributed by atoms with van der Waals surface area (Å²) >= 11 is 5.75. The van der Waals surface area contributed by atoms with Crippen LogP contribution in [-0.2, 0) is 4.74 Å². The molecule has 1 rings (SSSR count). The van der Waals surface area contributed by atoms with E-state index in [-0.39, 0.29) is 6.04 Å². The number of ether oxygens (including phenoxy) is 2. The summed E-state index contributed by atoms with van der Waals surface area (Å²) < 4.78 is 10.4. The second-order valence-electron chi connectivity index (χ2n) is 3.31. The maximum absolute atomic E-state index is 5.81. The molecule has 0 aliphatic rings. The Morgan fingerprint density at radius 3 is 2.60 bits per heavy atom. The van der Waals surface area contributed by atoms with Crippen molar-refractivity contribution in [3.8, 4) is 5.75 Å². The van der Waals surface area contributed by atoms with E-state index in [4.69, 9.17) is 26.8 Å². The van der Waals surface area contributed by atoms with Gasteiger partial charge in [-0.3, -0.25) is 0 Å². The number of rotatable bonds is 6. The molecule has 0 saturated carbocycles. The number of halogens is 1. The molecular weight excluding hydrogens is 214 g/mol. The van der Waals surface area contributed by atoms with Gasteiger partial charge >= 0.3 is 0 Å². The lowest BCUT2D eigenvalue weighted by molar-refractivity contribution is 0.175. The highest BCUT2D eigenvalue weighted by Gasteiger charge is 2.03. The fourth-order valence-electron chi connectivity index (χ4n) is 1.09. The molecule has 0 saturated heterocycles. The minimum atomic E-state index is 0.000582. The van der Waals surface area contributed by atoms with Crippen LogP contribution in [0.4, 0.5) is 0 Å². The Labute approximate surface area is 95.1 Å². The van der Waals surface area contributed by atoms with E-state index in [2.05, 4.69) is 0 Å². The van der Waals surface area contributed by atoms with Crippen molar-refractivity contribution in [1.29, 1.82) is 0 Å². The van der Waals surface area contributed by atoms with Crippen molar-refractivity contribution in [2.24, 2.45) is 5.73 Å². The molecule has 1 aromatic rings. The summed E-state index contributed by atoms with van der Waals surface area (Å²) in [5, 5.41) is 0.700. The molecule has 0 heterocycles. The lowest BCUT2D eigenvalue weighted by Crippen LogP contribution is -2.29. The summed E-state index contributed by atoms with van der Waals surface area (Å²) in [6.07, 6.45) is 0.796. The molecule has 15 heavy (non-hydrogen) atoms. The van der Waals surface area contributed by atoms with Crippen LogP contribution in [0.5, 0.6) is 5.75 Å². The molecule has 3 nitrogen and oxygen atoms in total. The maximum atomic E-state index is 5.81. The van der Waals surface area contributed by atoms with E-state index in [0.717, 1.165) is 12.2 Å². The minimum absolute atomic E-state index is 0.000582. The highest BCUT2D eigenvalue weighted by molar-refractivity contribution is 6.30. The average Bonchev–Trinajstić information content (AvgIpc) is 2.25. The summed E-state index contributed by atoms with van der Waals surface area (Å²) in [6, 6.07) is 7.23. The van der Waals surface area contributed by atoms with Crippen LogP contribution < -0.4 is 10.5 Å². The van der Waals surface area contributed by atoms with Crippen molar-refractivity contribution in [1.82, 2.24) is 0 Å². The van der Waals surface area contributed by atoms with Crippen LogP contribution in [-0.4, -0.2) is 26.4 Å². The van der Waals surface area contributed by atoms with Gasteiger partial charge in [-0.2, -0.15) is 0 Å². The molecule has 0 radical (unpaired) electrons. The zero-order valence-corrected chi connectivity index (χ0v) is 9.54. The second kappa shape index (κ2) is 6.67. The monoisotopic (exact) mass is 229 g/mol. The predicted octanol–water partition coefficient (Wildman–Crippen LogP) is 2.08. The third kappa shape index (κ3) is 5.02. The molecule has 0 aliphatic heterocycles. The van der Waals surface area contributed by atoms with Crippen molar-refractivity contribution in [3.63, 3.8) is 0 Å². The molecule has 4 heteroatoms. The van der Waals surface area contributed by atoms with Gasteiger partial charge in [-0.05, 0) is 30.7 Å². The van der Waals surface area contributed by atoms with Crippen LogP contribution in [0.3, 0.4) is 0 Å². The first-order chi connectivity index (χ1) is 7.22. The third-order valence-corrected chi connectivity index (χ3v) is 2.22. The zero-order valence-electron chi connectivity index (χ0n) is 8.78. The lowest BCUT2D eigenvalue weighted by atomic mass is 10.2. The second-order valence-corrected chi connectivity index (χ2v) is 3.74. The van der Waals surface area contributed by atoms with Crippen LogP contribution >= 0.6 is 11.6 Å². The quantitative estimate of drug-likeness (QED) is 0.813. The Balaban J connectivity index is 2.27. The van der Waals surface area contributed by atoms with Crippen LogP contribution in [0, 0.1) is 0 Å². The van der Waals surface area contributed by atoms with Gasteiger partial charge in [0, 0.05) is 24.8 Å². The number of benzene rings is 1. The molecule has 0 aliphatic carbocycles. The minimum Gasteiger partial charge on any atom is -0.492 e. The Kier molecular flexibility index (Phi) is 5.47. The molecule has 84 valence electrons. The van der Waals surface area contributed by atoms with E-state index in [9.17, 15) is 0 Å². The van der Waals surface area contributed by atoms with Gasteiger partial charge in [0.05, 0.1) is 0 Å². The Morgan fingerprint density at radius 2 is 2.00 bits per heavy atom. The summed E-state index contributed by atoms with van der Waals surface area (Å²) in [5.41, 5.74) is 5.81. The molecule has 0 aromatic heterocycles. The van der Waals surface area contributed by atoms with Gasteiger partial charge in [-0.15, -0.1) is 0 Å². The van der Waals surface area contributed by atoms with Gasteiger partial charge in [0.2, 0.25) is 0 Å². The van der Waals surface area contributed by atoms with E-state index in [1.807, 2.05) is 12.1 Å². The molecular formula is C11H16ClNO2. The van der Waals surface area contributed by atoms with Crippen molar-refractivity contribution in [3.05, 3.63) is 29.3 Å². The first-order valence-corrected chi connectivity index (χ1v) is 5.23. The first kappa shape index (κ1) is 12.3. The summed E-state index contributed by atoms with van der Waals surface area (Å²) in [4.78, 5) is 0. The van der Waals surface area contributed by atoms with E-state index < -0.39 is 0 Å². The first-order valence-electron chi connectivity index (χ1n) is 4.85. The largest absolute Gasteiger partial charge is 0.492 e. The Bertz CT molecular complexity index is 276. The molecule has 0 amide bonds. The average molecular weight is 230 g/mol. The molecule has 0 bridgehead atoms. The van der Waals surface area contributed by atoms with Gasteiger partial charge in [0.1, 0.15) is 12.4 Å². The lowest BCUT2D eigenvalue weighted by Gasteiger charge is -2.12. The van der Waals surface area contributed by atoms with Crippen LogP contribution in [0.2, 0.25) is 5.02 Å². The molecule has 0 spiro atoms. The summed E-state index contributed by atoms with van der Waals surface area (Å²) in [7, 11) is 1.66.